The molecule has 0 fully saturated rings. The summed E-state index contributed by atoms with van der Waals surface area (Å²) in [5, 5.41) is 9.73. The van der Waals surface area contributed by atoms with E-state index >= 15 is 0 Å². The van der Waals surface area contributed by atoms with Gasteiger partial charge in [0.25, 0.3) is 0 Å². The third kappa shape index (κ3) is 3.64. The number of hydrogen-bond acceptors (Lipinski definition) is 8. The van der Waals surface area contributed by atoms with E-state index in [1.165, 1.54) is 22.5 Å². The Morgan fingerprint density at radius 3 is 2.72 bits per heavy atom. The lowest BCUT2D eigenvalue weighted by atomic mass is 10.1. The van der Waals surface area contributed by atoms with Crippen LogP contribution in [-0.4, -0.2) is 29.1 Å². The van der Waals surface area contributed by atoms with E-state index in [0.29, 0.717) is 33.8 Å². The van der Waals surface area contributed by atoms with Gasteiger partial charge in [-0.15, -0.1) is 10.2 Å². The molecule has 0 saturated carbocycles. The maximum Gasteiger partial charge on any atom is 0.336 e. The summed E-state index contributed by atoms with van der Waals surface area (Å²) in [5.41, 5.74) is 1.60. The zero-order valence-electron chi connectivity index (χ0n) is 15.8. The van der Waals surface area contributed by atoms with Gasteiger partial charge in [0.05, 0.1) is 19.8 Å². The minimum atomic E-state index is -0.426. The second kappa shape index (κ2) is 7.88. The van der Waals surface area contributed by atoms with E-state index in [1.54, 1.807) is 20.3 Å². The number of methoxy groups -OCH3 is 2. The smallest absolute Gasteiger partial charge is 0.336 e. The molecule has 2 aromatic carbocycles. The monoisotopic (exact) mass is 410 g/mol. The number of ether oxygens (including phenoxy) is 2. The maximum absolute atomic E-state index is 12.0. The molecule has 29 heavy (non-hydrogen) atoms. The van der Waals surface area contributed by atoms with Gasteiger partial charge in [-0.2, -0.15) is 0 Å². The molecular formula is C20H18N4O4S. The Kier molecular flexibility index (Phi) is 5.13. The molecule has 0 bridgehead atoms. The summed E-state index contributed by atoms with van der Waals surface area (Å²) < 4.78 is 17.3. The van der Waals surface area contributed by atoms with Crippen molar-refractivity contribution in [3.63, 3.8) is 0 Å². The minimum absolute atomic E-state index is 0.426. The Morgan fingerprint density at radius 1 is 1.10 bits per heavy atom. The highest BCUT2D eigenvalue weighted by molar-refractivity contribution is 7.98. The van der Waals surface area contributed by atoms with Crippen LogP contribution in [0.5, 0.6) is 11.5 Å². The molecule has 0 spiro atoms. The molecule has 2 N–H and O–H groups in total. The highest BCUT2D eigenvalue weighted by Gasteiger charge is 2.16. The number of hydrogen-bond donors (Lipinski definition) is 1. The summed E-state index contributed by atoms with van der Waals surface area (Å²) in [7, 11) is 3.15. The summed E-state index contributed by atoms with van der Waals surface area (Å²) in [6.45, 7) is 0. The largest absolute Gasteiger partial charge is 0.497 e. The first-order valence-electron chi connectivity index (χ1n) is 8.68. The van der Waals surface area contributed by atoms with Crippen molar-refractivity contribution < 1.29 is 13.9 Å². The lowest BCUT2D eigenvalue weighted by molar-refractivity contribution is 0.414. The number of nitrogen functional groups attached to an aromatic ring is 1. The van der Waals surface area contributed by atoms with E-state index in [9.17, 15) is 4.79 Å². The lowest BCUT2D eigenvalue weighted by Gasteiger charge is -2.08. The molecule has 2 heterocycles. The zero-order chi connectivity index (χ0) is 20.4. The van der Waals surface area contributed by atoms with Gasteiger partial charge < -0.3 is 19.7 Å². The highest BCUT2D eigenvalue weighted by atomic mass is 32.2. The number of thioether (sulfide) groups is 1. The van der Waals surface area contributed by atoms with Gasteiger partial charge in [-0.3, -0.25) is 0 Å². The fourth-order valence-electron chi connectivity index (χ4n) is 2.99. The number of para-hydroxylation sites is 1. The van der Waals surface area contributed by atoms with Gasteiger partial charge in [-0.1, -0.05) is 23.9 Å². The predicted octanol–water partition coefficient (Wildman–Crippen LogP) is 3.07. The van der Waals surface area contributed by atoms with Crippen LogP contribution in [0, 0.1) is 0 Å². The van der Waals surface area contributed by atoms with Gasteiger partial charge in [-0.25, -0.2) is 9.47 Å². The molecule has 4 aromatic rings. The molecule has 0 aliphatic carbocycles. The zero-order valence-corrected chi connectivity index (χ0v) is 16.6. The lowest BCUT2D eigenvalue weighted by Crippen LogP contribution is -2.12. The minimum Gasteiger partial charge on any atom is -0.497 e. The van der Waals surface area contributed by atoms with Crippen molar-refractivity contribution in [3.8, 4) is 22.9 Å². The fourth-order valence-corrected chi connectivity index (χ4v) is 3.83. The molecule has 0 aliphatic rings. The van der Waals surface area contributed by atoms with Crippen molar-refractivity contribution in [2.75, 3.05) is 20.1 Å². The molecule has 8 nitrogen and oxygen atoms in total. The average Bonchev–Trinajstić information content (AvgIpc) is 3.11. The van der Waals surface area contributed by atoms with E-state index in [0.717, 1.165) is 16.5 Å². The normalized spacial score (nSPS) is 11.0. The van der Waals surface area contributed by atoms with Crippen molar-refractivity contribution in [2.24, 2.45) is 0 Å². The summed E-state index contributed by atoms with van der Waals surface area (Å²) >= 11 is 1.37. The molecule has 0 radical (unpaired) electrons. The van der Waals surface area contributed by atoms with Crippen LogP contribution < -0.4 is 20.9 Å². The molecular weight excluding hydrogens is 392 g/mol. The fraction of sp³-hybridized carbons (Fsp3) is 0.150. The summed E-state index contributed by atoms with van der Waals surface area (Å²) in [5.74, 6) is 8.46. The molecule has 0 unspecified atom stereocenters. The molecule has 0 saturated heterocycles. The van der Waals surface area contributed by atoms with Crippen molar-refractivity contribution in [1.29, 1.82) is 0 Å². The Morgan fingerprint density at radius 2 is 1.93 bits per heavy atom. The highest BCUT2D eigenvalue weighted by Crippen LogP contribution is 2.31. The van der Waals surface area contributed by atoms with E-state index in [2.05, 4.69) is 10.2 Å². The predicted molar refractivity (Wildman–Crippen MR) is 111 cm³/mol. The van der Waals surface area contributed by atoms with E-state index in [-0.39, 0.29) is 0 Å². The van der Waals surface area contributed by atoms with Crippen LogP contribution in [0.25, 0.3) is 22.4 Å². The van der Waals surface area contributed by atoms with Gasteiger partial charge in [0.1, 0.15) is 17.1 Å². The second-order valence-corrected chi connectivity index (χ2v) is 7.06. The van der Waals surface area contributed by atoms with Gasteiger partial charge in [0.2, 0.25) is 5.16 Å². The molecule has 0 amide bonds. The number of rotatable bonds is 6. The van der Waals surface area contributed by atoms with Crippen LogP contribution in [0.4, 0.5) is 0 Å². The second-order valence-electron chi connectivity index (χ2n) is 6.12. The van der Waals surface area contributed by atoms with Crippen LogP contribution in [-0.2, 0) is 5.75 Å². The number of nitrogens with two attached hydrogens (primary N) is 1. The van der Waals surface area contributed by atoms with Crippen molar-refractivity contribution in [1.82, 2.24) is 14.9 Å². The van der Waals surface area contributed by atoms with Gasteiger partial charge in [0, 0.05) is 23.3 Å². The first kappa shape index (κ1) is 18.9. The van der Waals surface area contributed by atoms with Crippen molar-refractivity contribution in [2.45, 2.75) is 10.9 Å². The van der Waals surface area contributed by atoms with Crippen molar-refractivity contribution >= 4 is 22.7 Å². The number of fused-ring (bicyclic) bond motifs is 1. The van der Waals surface area contributed by atoms with Crippen LogP contribution >= 0.6 is 11.8 Å². The van der Waals surface area contributed by atoms with Gasteiger partial charge >= 0.3 is 5.63 Å². The average molecular weight is 410 g/mol. The number of aromatic nitrogens is 3. The summed E-state index contributed by atoms with van der Waals surface area (Å²) in [6.07, 6.45) is 0. The maximum atomic E-state index is 12.0. The Bertz CT molecular complexity index is 1230. The summed E-state index contributed by atoms with van der Waals surface area (Å²) in [4.78, 5) is 12.0. The van der Waals surface area contributed by atoms with Crippen molar-refractivity contribution in [3.05, 3.63) is 64.5 Å². The number of nitrogens with zero attached hydrogens (tertiary/aromatic N) is 3. The first-order chi connectivity index (χ1) is 14.1. The first-order valence-corrected chi connectivity index (χ1v) is 9.66. The Balaban J connectivity index is 1.64. The standard InChI is InChI=1S/C20H18N4O4S/c1-26-13-7-8-14-12(9-18(25)28-17(14)10-13)11-29-20-23-22-19(24(20)21)15-5-3-4-6-16(15)27-2/h3-10H,11,21H2,1-2H3. The molecule has 0 atom stereocenters. The SMILES string of the molecule is COc1ccc2c(CSc3nnc(-c4ccccc4OC)n3N)cc(=O)oc2c1. The Hall–Kier alpha value is -3.46. The molecule has 9 heteroatoms. The van der Waals surface area contributed by atoms with Crippen LogP contribution in [0.15, 0.2) is 62.9 Å². The van der Waals surface area contributed by atoms with Gasteiger partial charge in [0.15, 0.2) is 5.82 Å². The van der Waals surface area contributed by atoms with E-state index in [4.69, 9.17) is 19.7 Å². The Labute approximate surface area is 170 Å². The molecule has 2 aromatic heterocycles. The third-order valence-electron chi connectivity index (χ3n) is 4.41. The third-order valence-corrected chi connectivity index (χ3v) is 5.40. The molecule has 0 aliphatic heterocycles. The summed E-state index contributed by atoms with van der Waals surface area (Å²) in [6, 6.07) is 14.3. The quantitative estimate of drug-likeness (QED) is 0.294. The van der Waals surface area contributed by atoms with Gasteiger partial charge in [-0.05, 0) is 29.8 Å². The van der Waals surface area contributed by atoms with Crippen LogP contribution in [0.2, 0.25) is 0 Å². The molecule has 4 rings (SSSR count). The molecule has 148 valence electrons. The van der Waals surface area contributed by atoms with E-state index in [1.807, 2.05) is 36.4 Å². The van der Waals surface area contributed by atoms with Crippen LogP contribution in [0.3, 0.4) is 0 Å². The van der Waals surface area contributed by atoms with Crippen LogP contribution in [0.1, 0.15) is 5.56 Å². The topological polar surface area (TPSA) is 105 Å². The number of benzene rings is 2. The van der Waals surface area contributed by atoms with E-state index < -0.39 is 5.63 Å².